The van der Waals surface area contributed by atoms with Crippen LogP contribution in [-0.2, 0) is 9.59 Å². The molecule has 0 aliphatic rings. The molecular formula is C9H14ClF2NO2. The quantitative estimate of drug-likeness (QED) is 0.718. The Bertz CT molecular complexity index is 236. The van der Waals surface area contributed by atoms with Gasteiger partial charge < -0.3 is 5.32 Å². The van der Waals surface area contributed by atoms with Crippen molar-refractivity contribution >= 4 is 23.3 Å². The van der Waals surface area contributed by atoms with Crippen molar-refractivity contribution in [2.45, 2.75) is 32.7 Å². The largest absolute Gasteiger partial charge is 0.341 e. The Labute approximate surface area is 92.2 Å². The van der Waals surface area contributed by atoms with Crippen LogP contribution < -0.4 is 5.32 Å². The average molecular weight is 242 g/mol. The summed E-state index contributed by atoms with van der Waals surface area (Å²) in [4.78, 5) is 22.0. The van der Waals surface area contributed by atoms with E-state index >= 15 is 0 Å². The average Bonchev–Trinajstić information content (AvgIpc) is 2.23. The summed E-state index contributed by atoms with van der Waals surface area (Å²) in [5.74, 6) is -2.38. The molecule has 0 saturated heterocycles. The van der Waals surface area contributed by atoms with Crippen molar-refractivity contribution in [2.24, 2.45) is 5.92 Å². The van der Waals surface area contributed by atoms with E-state index in [1.807, 2.05) is 5.32 Å². The van der Waals surface area contributed by atoms with Gasteiger partial charge in [0, 0.05) is 0 Å². The lowest BCUT2D eigenvalue weighted by molar-refractivity contribution is -0.135. The Morgan fingerprint density at radius 3 is 2.27 bits per heavy atom. The Balaban J connectivity index is 4.51. The molecule has 0 aromatic rings. The third kappa shape index (κ3) is 4.55. The molecule has 0 radical (unpaired) electrons. The fourth-order valence-electron chi connectivity index (χ4n) is 1.08. The van der Waals surface area contributed by atoms with Crippen LogP contribution in [0.4, 0.5) is 8.78 Å². The van der Waals surface area contributed by atoms with Crippen LogP contribution in [0.15, 0.2) is 0 Å². The molecule has 15 heavy (non-hydrogen) atoms. The molecule has 0 rings (SSSR count). The van der Waals surface area contributed by atoms with E-state index in [1.165, 1.54) is 0 Å². The standard InChI is InChI=1S/C9H14ClF2NO2/c1-3-5(2)7(6(14)4-10)13-9(15)8(11)12/h5,7-8H,3-4H2,1-2H3,(H,13,15). The summed E-state index contributed by atoms with van der Waals surface area (Å²) < 4.78 is 23.9. The van der Waals surface area contributed by atoms with Crippen LogP contribution in [0.25, 0.3) is 0 Å². The summed E-state index contributed by atoms with van der Waals surface area (Å²) in [6.45, 7) is 3.49. The normalized spacial score (nSPS) is 14.8. The number of alkyl halides is 3. The smallest absolute Gasteiger partial charge is 0.315 e. The molecule has 3 nitrogen and oxygen atoms in total. The Kier molecular flexibility index (Phi) is 6.40. The van der Waals surface area contributed by atoms with E-state index < -0.39 is 24.2 Å². The van der Waals surface area contributed by atoms with Gasteiger partial charge in [0.2, 0.25) is 0 Å². The third-order valence-electron chi connectivity index (χ3n) is 2.19. The molecule has 6 heteroatoms. The summed E-state index contributed by atoms with van der Waals surface area (Å²) in [5, 5.41) is 1.99. The first kappa shape index (κ1) is 14.3. The van der Waals surface area contributed by atoms with Crippen molar-refractivity contribution in [1.29, 1.82) is 0 Å². The minimum Gasteiger partial charge on any atom is -0.341 e. The molecule has 0 bridgehead atoms. The zero-order valence-corrected chi connectivity index (χ0v) is 9.35. The van der Waals surface area contributed by atoms with Crippen molar-refractivity contribution in [1.82, 2.24) is 5.32 Å². The Hall–Kier alpha value is -0.710. The van der Waals surface area contributed by atoms with Crippen molar-refractivity contribution in [3.05, 3.63) is 0 Å². The van der Waals surface area contributed by atoms with E-state index in [1.54, 1.807) is 13.8 Å². The second-order valence-corrected chi connectivity index (χ2v) is 3.54. The molecule has 0 saturated carbocycles. The van der Waals surface area contributed by atoms with E-state index in [0.29, 0.717) is 6.42 Å². The van der Waals surface area contributed by atoms with Crippen LogP contribution in [-0.4, -0.2) is 30.0 Å². The fourth-order valence-corrected chi connectivity index (χ4v) is 1.24. The van der Waals surface area contributed by atoms with E-state index in [0.717, 1.165) is 0 Å². The SMILES string of the molecule is CCC(C)C(NC(=O)C(F)F)C(=O)CCl. The van der Waals surface area contributed by atoms with Crippen molar-refractivity contribution < 1.29 is 18.4 Å². The van der Waals surface area contributed by atoms with Gasteiger partial charge in [0.15, 0.2) is 5.78 Å². The number of amides is 1. The first-order valence-electron chi connectivity index (χ1n) is 4.61. The van der Waals surface area contributed by atoms with Gasteiger partial charge in [-0.1, -0.05) is 20.3 Å². The van der Waals surface area contributed by atoms with Crippen LogP contribution in [0.5, 0.6) is 0 Å². The molecule has 2 atom stereocenters. The van der Waals surface area contributed by atoms with Gasteiger partial charge in [0.25, 0.3) is 5.91 Å². The van der Waals surface area contributed by atoms with Gasteiger partial charge >= 0.3 is 6.43 Å². The lowest BCUT2D eigenvalue weighted by Crippen LogP contribution is -2.47. The molecular weight excluding hydrogens is 228 g/mol. The minimum atomic E-state index is -3.11. The van der Waals surface area contributed by atoms with Gasteiger partial charge in [-0.05, 0) is 5.92 Å². The monoisotopic (exact) mass is 241 g/mol. The second kappa shape index (κ2) is 6.71. The summed E-state index contributed by atoms with van der Waals surface area (Å²) >= 11 is 5.32. The summed E-state index contributed by atoms with van der Waals surface area (Å²) in [5.41, 5.74) is 0. The number of Topliss-reactive ketones (excluding diaryl/α,β-unsaturated/α-hetero) is 1. The fraction of sp³-hybridized carbons (Fsp3) is 0.778. The van der Waals surface area contributed by atoms with Gasteiger partial charge in [0.1, 0.15) is 0 Å². The number of ketones is 1. The third-order valence-corrected chi connectivity index (χ3v) is 2.45. The minimum absolute atomic E-state index is 0.209. The highest BCUT2D eigenvalue weighted by molar-refractivity contribution is 6.28. The van der Waals surface area contributed by atoms with E-state index in [-0.39, 0.29) is 11.8 Å². The number of rotatable bonds is 6. The molecule has 0 aromatic carbocycles. The summed E-state index contributed by atoms with van der Waals surface area (Å²) in [6.07, 6.45) is -2.52. The zero-order chi connectivity index (χ0) is 12.0. The van der Waals surface area contributed by atoms with Gasteiger partial charge in [-0.15, -0.1) is 11.6 Å². The first-order valence-corrected chi connectivity index (χ1v) is 5.14. The van der Waals surface area contributed by atoms with Crippen molar-refractivity contribution in [2.75, 3.05) is 5.88 Å². The molecule has 1 N–H and O–H groups in total. The van der Waals surface area contributed by atoms with Gasteiger partial charge in [-0.25, -0.2) is 0 Å². The van der Waals surface area contributed by atoms with E-state index in [4.69, 9.17) is 11.6 Å². The van der Waals surface area contributed by atoms with Gasteiger partial charge in [-0.2, -0.15) is 8.78 Å². The topological polar surface area (TPSA) is 46.2 Å². The molecule has 0 fully saturated rings. The van der Waals surface area contributed by atoms with E-state index in [9.17, 15) is 18.4 Å². The van der Waals surface area contributed by atoms with Crippen LogP contribution in [0.3, 0.4) is 0 Å². The van der Waals surface area contributed by atoms with Crippen LogP contribution in [0.1, 0.15) is 20.3 Å². The molecule has 2 unspecified atom stereocenters. The lowest BCUT2D eigenvalue weighted by Gasteiger charge is -2.21. The van der Waals surface area contributed by atoms with Crippen LogP contribution >= 0.6 is 11.6 Å². The second-order valence-electron chi connectivity index (χ2n) is 3.27. The summed E-state index contributed by atoms with van der Waals surface area (Å²) in [7, 11) is 0. The van der Waals surface area contributed by atoms with Crippen LogP contribution in [0, 0.1) is 5.92 Å². The number of nitrogens with one attached hydrogen (secondary N) is 1. The van der Waals surface area contributed by atoms with Crippen LogP contribution in [0.2, 0.25) is 0 Å². The number of hydrogen-bond donors (Lipinski definition) is 1. The molecule has 0 spiro atoms. The number of hydrogen-bond acceptors (Lipinski definition) is 2. The number of carbonyl (C=O) groups is 2. The molecule has 0 aliphatic heterocycles. The summed E-state index contributed by atoms with van der Waals surface area (Å²) in [6, 6.07) is -0.922. The Morgan fingerprint density at radius 1 is 1.40 bits per heavy atom. The highest BCUT2D eigenvalue weighted by Crippen LogP contribution is 2.10. The van der Waals surface area contributed by atoms with E-state index in [2.05, 4.69) is 0 Å². The molecule has 0 aromatic heterocycles. The first-order chi connectivity index (χ1) is 6.93. The highest BCUT2D eigenvalue weighted by Gasteiger charge is 2.27. The van der Waals surface area contributed by atoms with Crippen molar-refractivity contribution in [3.8, 4) is 0 Å². The van der Waals surface area contributed by atoms with Gasteiger partial charge in [-0.3, -0.25) is 9.59 Å². The predicted octanol–water partition coefficient (Wildman–Crippen LogP) is 1.59. The maximum absolute atomic E-state index is 12.0. The van der Waals surface area contributed by atoms with Crippen molar-refractivity contribution in [3.63, 3.8) is 0 Å². The maximum atomic E-state index is 12.0. The molecule has 0 aliphatic carbocycles. The highest BCUT2D eigenvalue weighted by atomic mass is 35.5. The molecule has 0 heterocycles. The number of carbonyl (C=O) groups excluding carboxylic acids is 2. The maximum Gasteiger partial charge on any atom is 0.315 e. The zero-order valence-electron chi connectivity index (χ0n) is 8.60. The predicted molar refractivity (Wildman–Crippen MR) is 53.1 cm³/mol. The lowest BCUT2D eigenvalue weighted by atomic mass is 9.96. The number of halogens is 3. The molecule has 88 valence electrons. The Morgan fingerprint density at radius 2 is 1.93 bits per heavy atom. The van der Waals surface area contributed by atoms with Gasteiger partial charge in [0.05, 0.1) is 11.9 Å². The molecule has 1 amide bonds.